The molecule has 1 aliphatic heterocycles. The van der Waals surface area contributed by atoms with Gasteiger partial charge in [0.25, 0.3) is 0 Å². The number of ether oxygens (including phenoxy) is 1. The first-order valence-corrected chi connectivity index (χ1v) is 6.68. The molecule has 0 spiro atoms. The molecule has 2 heterocycles. The summed E-state index contributed by atoms with van der Waals surface area (Å²) in [5.41, 5.74) is 0.860. The summed E-state index contributed by atoms with van der Waals surface area (Å²) < 4.78 is 4.99. The average molecular weight is 283 g/mol. The normalized spacial score (nSPS) is 18.7. The third kappa shape index (κ3) is 2.87. The second kappa shape index (κ2) is 6.02. The molecule has 1 amide bonds. The van der Waals surface area contributed by atoms with E-state index >= 15 is 0 Å². The Hall–Kier alpha value is -1.62. The third-order valence-electron chi connectivity index (χ3n) is 3.01. The van der Waals surface area contributed by atoms with Crippen molar-refractivity contribution >= 4 is 29.2 Å². The molecule has 6 heteroatoms. The molecule has 0 aromatic carbocycles. The average Bonchev–Trinajstić information content (AvgIpc) is 2.80. The van der Waals surface area contributed by atoms with Crippen LogP contribution in [0.3, 0.4) is 0 Å². The molecular weight excluding hydrogens is 268 g/mol. The molecule has 1 fully saturated rings. The maximum Gasteiger partial charge on any atom is 0.340 e. The molecule has 0 bridgehead atoms. The Balaban J connectivity index is 2.30. The number of halogens is 1. The third-order valence-corrected chi connectivity index (χ3v) is 3.45. The number of aromatic nitrogens is 1. The molecule has 1 atom stereocenters. The number of anilines is 1. The van der Waals surface area contributed by atoms with Gasteiger partial charge in [-0.3, -0.25) is 9.78 Å². The van der Waals surface area contributed by atoms with Crippen molar-refractivity contribution in [3.63, 3.8) is 0 Å². The lowest BCUT2D eigenvalue weighted by molar-refractivity contribution is -0.117. The van der Waals surface area contributed by atoms with Gasteiger partial charge >= 0.3 is 5.97 Å². The van der Waals surface area contributed by atoms with E-state index in [0.717, 1.165) is 0 Å². The molecule has 0 radical (unpaired) electrons. The number of esters is 1. The molecule has 2 rings (SSSR count). The summed E-state index contributed by atoms with van der Waals surface area (Å²) in [5.74, 6) is 0.0627. The van der Waals surface area contributed by atoms with Gasteiger partial charge in [0.05, 0.1) is 24.1 Å². The molecule has 1 aromatic heterocycles. The first-order valence-electron chi connectivity index (χ1n) is 6.14. The highest BCUT2D eigenvalue weighted by atomic mass is 35.5. The van der Waals surface area contributed by atoms with Gasteiger partial charge in [-0.1, -0.05) is 0 Å². The Morgan fingerprint density at radius 1 is 1.63 bits per heavy atom. The van der Waals surface area contributed by atoms with Crippen LogP contribution in [-0.2, 0) is 9.53 Å². The molecule has 0 saturated carbocycles. The van der Waals surface area contributed by atoms with Crippen LogP contribution in [0.5, 0.6) is 0 Å². The van der Waals surface area contributed by atoms with Crippen LogP contribution in [-0.4, -0.2) is 35.9 Å². The Bertz CT molecular complexity index is 493. The lowest BCUT2D eigenvalue weighted by Gasteiger charge is -2.18. The quantitative estimate of drug-likeness (QED) is 0.625. The number of alkyl halides is 1. The second-order valence-electron chi connectivity index (χ2n) is 4.34. The minimum Gasteiger partial charge on any atom is -0.462 e. The fourth-order valence-electron chi connectivity index (χ4n) is 2.10. The van der Waals surface area contributed by atoms with Crippen molar-refractivity contribution < 1.29 is 14.3 Å². The maximum atomic E-state index is 12.0. The number of amides is 1. The Kier molecular flexibility index (Phi) is 4.37. The maximum absolute atomic E-state index is 12.0. The second-order valence-corrected chi connectivity index (χ2v) is 4.65. The topological polar surface area (TPSA) is 59.5 Å². The summed E-state index contributed by atoms with van der Waals surface area (Å²) in [7, 11) is 0. The zero-order valence-corrected chi connectivity index (χ0v) is 11.4. The molecule has 5 nitrogen and oxygen atoms in total. The number of pyridine rings is 1. The summed E-state index contributed by atoms with van der Waals surface area (Å²) in [5, 5.41) is 0. The molecule has 1 aliphatic rings. The van der Waals surface area contributed by atoms with Gasteiger partial charge in [-0.25, -0.2) is 4.79 Å². The first-order chi connectivity index (χ1) is 9.17. The Labute approximate surface area is 116 Å². The van der Waals surface area contributed by atoms with Gasteiger partial charge in [0.15, 0.2) is 0 Å². The van der Waals surface area contributed by atoms with Crippen LogP contribution in [0.15, 0.2) is 18.5 Å². The van der Waals surface area contributed by atoms with E-state index in [2.05, 4.69) is 4.98 Å². The molecular formula is C13H15ClN2O3. The van der Waals surface area contributed by atoms with E-state index < -0.39 is 5.97 Å². The van der Waals surface area contributed by atoms with E-state index in [-0.39, 0.29) is 11.8 Å². The van der Waals surface area contributed by atoms with Crippen LogP contribution in [0.4, 0.5) is 5.69 Å². The highest BCUT2D eigenvalue weighted by Gasteiger charge is 2.32. The fraction of sp³-hybridized carbons (Fsp3) is 0.462. The Morgan fingerprint density at radius 3 is 3.05 bits per heavy atom. The number of rotatable bonds is 4. The van der Waals surface area contributed by atoms with Crippen molar-refractivity contribution in [1.82, 2.24) is 4.98 Å². The van der Waals surface area contributed by atoms with E-state index in [4.69, 9.17) is 16.3 Å². The zero-order valence-electron chi connectivity index (χ0n) is 10.6. The van der Waals surface area contributed by atoms with Gasteiger partial charge in [-0.15, -0.1) is 11.6 Å². The summed E-state index contributed by atoms with van der Waals surface area (Å²) in [6.45, 7) is 2.54. The van der Waals surface area contributed by atoms with Crippen molar-refractivity contribution in [2.75, 3.05) is 23.9 Å². The molecule has 0 aliphatic carbocycles. The molecule has 102 valence electrons. The largest absolute Gasteiger partial charge is 0.462 e. The molecule has 1 unspecified atom stereocenters. The SMILES string of the molecule is CCOC(=O)c1ccncc1N1CC(CCl)CC1=O. The van der Waals surface area contributed by atoms with E-state index in [1.165, 1.54) is 12.4 Å². The number of nitrogens with zero attached hydrogens (tertiary/aromatic N) is 2. The van der Waals surface area contributed by atoms with E-state index in [1.807, 2.05) is 0 Å². The van der Waals surface area contributed by atoms with Crippen LogP contribution in [0.2, 0.25) is 0 Å². The minimum absolute atomic E-state index is 0.0378. The van der Waals surface area contributed by atoms with Gasteiger partial charge < -0.3 is 9.64 Å². The van der Waals surface area contributed by atoms with Crippen LogP contribution in [0.25, 0.3) is 0 Å². The number of hydrogen-bond acceptors (Lipinski definition) is 4. The molecule has 0 N–H and O–H groups in total. The van der Waals surface area contributed by atoms with Gasteiger partial charge in [-0.05, 0) is 18.9 Å². The summed E-state index contributed by atoms with van der Waals surface area (Å²) >= 11 is 5.79. The monoisotopic (exact) mass is 282 g/mol. The smallest absolute Gasteiger partial charge is 0.340 e. The number of carbonyl (C=O) groups is 2. The van der Waals surface area contributed by atoms with E-state index in [1.54, 1.807) is 17.9 Å². The van der Waals surface area contributed by atoms with Crippen LogP contribution >= 0.6 is 11.6 Å². The van der Waals surface area contributed by atoms with E-state index in [9.17, 15) is 9.59 Å². The number of hydrogen-bond donors (Lipinski definition) is 0. The van der Waals surface area contributed by atoms with Crippen molar-refractivity contribution in [3.8, 4) is 0 Å². The van der Waals surface area contributed by atoms with Crippen molar-refractivity contribution in [3.05, 3.63) is 24.0 Å². The predicted molar refractivity (Wildman–Crippen MR) is 71.4 cm³/mol. The van der Waals surface area contributed by atoms with Crippen molar-refractivity contribution in [2.24, 2.45) is 5.92 Å². The van der Waals surface area contributed by atoms with Gasteiger partial charge in [0.2, 0.25) is 5.91 Å². The van der Waals surface area contributed by atoms with Crippen LogP contribution in [0, 0.1) is 5.92 Å². The van der Waals surface area contributed by atoms with Crippen molar-refractivity contribution in [1.29, 1.82) is 0 Å². The van der Waals surface area contributed by atoms with Gasteiger partial charge in [-0.2, -0.15) is 0 Å². The highest BCUT2D eigenvalue weighted by molar-refractivity contribution is 6.18. The molecule has 1 aromatic rings. The standard InChI is InChI=1S/C13H15ClN2O3/c1-2-19-13(18)10-3-4-15-7-11(10)16-8-9(6-14)5-12(16)17/h3-4,7,9H,2,5-6,8H2,1H3. The van der Waals surface area contributed by atoms with Gasteiger partial charge in [0.1, 0.15) is 0 Å². The lowest BCUT2D eigenvalue weighted by Crippen LogP contribution is -2.27. The van der Waals surface area contributed by atoms with Crippen LogP contribution in [0.1, 0.15) is 23.7 Å². The first kappa shape index (κ1) is 13.8. The highest BCUT2D eigenvalue weighted by Crippen LogP contribution is 2.28. The number of carbonyl (C=O) groups excluding carboxylic acids is 2. The summed E-state index contributed by atoms with van der Waals surface area (Å²) in [6.07, 6.45) is 3.43. The minimum atomic E-state index is -0.443. The Morgan fingerprint density at radius 2 is 2.42 bits per heavy atom. The van der Waals surface area contributed by atoms with Crippen LogP contribution < -0.4 is 4.90 Å². The lowest BCUT2D eigenvalue weighted by atomic mass is 10.1. The summed E-state index contributed by atoms with van der Waals surface area (Å²) in [6, 6.07) is 1.56. The van der Waals surface area contributed by atoms with Crippen molar-refractivity contribution in [2.45, 2.75) is 13.3 Å². The molecule has 1 saturated heterocycles. The molecule has 19 heavy (non-hydrogen) atoms. The zero-order chi connectivity index (χ0) is 13.8. The van der Waals surface area contributed by atoms with E-state index in [0.29, 0.717) is 36.7 Å². The fourth-order valence-corrected chi connectivity index (χ4v) is 2.31. The predicted octanol–water partition coefficient (Wildman–Crippen LogP) is 1.85. The van der Waals surface area contributed by atoms with Gasteiger partial charge in [0, 0.05) is 25.0 Å². The summed E-state index contributed by atoms with van der Waals surface area (Å²) in [4.78, 5) is 29.4.